The average molecular weight is 217 g/mol. The number of hydrogen-bond acceptors (Lipinski definition) is 5. The van der Waals surface area contributed by atoms with Crippen LogP contribution in [0.5, 0.6) is 0 Å². The molecule has 7 heteroatoms. The molecular formula is C7H11N3O3S. The summed E-state index contributed by atoms with van der Waals surface area (Å²) in [5, 5.41) is 9.13. The monoisotopic (exact) mass is 217 g/mol. The van der Waals surface area contributed by atoms with Gasteiger partial charge in [-0.15, -0.1) is 0 Å². The van der Waals surface area contributed by atoms with Gasteiger partial charge in [-0.2, -0.15) is 0 Å². The lowest BCUT2D eigenvalue weighted by Crippen LogP contribution is -2.12. The number of rotatable bonds is 3. The zero-order valence-corrected chi connectivity index (χ0v) is 8.61. The van der Waals surface area contributed by atoms with Crippen molar-refractivity contribution >= 4 is 16.0 Å². The number of hydrogen-bond donors (Lipinski definition) is 2. The molecule has 0 aliphatic heterocycles. The summed E-state index contributed by atoms with van der Waals surface area (Å²) < 4.78 is 23.7. The Labute approximate surface area is 82.1 Å². The van der Waals surface area contributed by atoms with E-state index in [0.29, 0.717) is 5.56 Å². The van der Waals surface area contributed by atoms with Gasteiger partial charge in [0, 0.05) is 18.0 Å². The molecule has 2 N–H and O–H groups in total. The Morgan fingerprint density at radius 2 is 1.93 bits per heavy atom. The minimum atomic E-state index is -3.35. The quantitative estimate of drug-likeness (QED) is 0.737. The van der Waals surface area contributed by atoms with E-state index < -0.39 is 16.1 Å². The molecule has 1 rings (SSSR count). The molecule has 1 unspecified atom stereocenters. The van der Waals surface area contributed by atoms with E-state index in [1.807, 2.05) is 0 Å². The van der Waals surface area contributed by atoms with Gasteiger partial charge in [0.1, 0.15) is 0 Å². The first-order chi connectivity index (χ1) is 6.38. The van der Waals surface area contributed by atoms with Crippen LogP contribution >= 0.6 is 0 Å². The summed E-state index contributed by atoms with van der Waals surface area (Å²) in [6.07, 6.45) is 3.08. The lowest BCUT2D eigenvalue weighted by molar-refractivity contribution is 0.198. The van der Waals surface area contributed by atoms with Crippen LogP contribution in [0.4, 0.5) is 5.95 Å². The van der Waals surface area contributed by atoms with Crippen LogP contribution in [0.25, 0.3) is 0 Å². The van der Waals surface area contributed by atoms with Crippen molar-refractivity contribution in [3.05, 3.63) is 18.0 Å². The lowest BCUT2D eigenvalue weighted by atomic mass is 10.2. The van der Waals surface area contributed by atoms with Gasteiger partial charge in [0.15, 0.2) is 0 Å². The summed E-state index contributed by atoms with van der Waals surface area (Å²) in [4.78, 5) is 7.45. The van der Waals surface area contributed by atoms with Gasteiger partial charge >= 0.3 is 0 Å². The van der Waals surface area contributed by atoms with Crippen molar-refractivity contribution in [2.24, 2.45) is 0 Å². The van der Waals surface area contributed by atoms with E-state index in [9.17, 15) is 8.42 Å². The smallest absolute Gasteiger partial charge is 0.236 e. The number of aromatic nitrogens is 2. The molecule has 0 aliphatic carbocycles. The fraction of sp³-hybridized carbons (Fsp3) is 0.429. The van der Waals surface area contributed by atoms with Crippen molar-refractivity contribution in [3.8, 4) is 0 Å². The molecule has 14 heavy (non-hydrogen) atoms. The molecule has 78 valence electrons. The van der Waals surface area contributed by atoms with Gasteiger partial charge in [-0.25, -0.2) is 18.4 Å². The molecule has 0 saturated carbocycles. The van der Waals surface area contributed by atoms with E-state index in [0.717, 1.165) is 6.26 Å². The number of aliphatic hydroxyl groups is 1. The third kappa shape index (κ3) is 3.27. The largest absolute Gasteiger partial charge is 0.389 e. The van der Waals surface area contributed by atoms with Crippen molar-refractivity contribution in [1.29, 1.82) is 0 Å². The van der Waals surface area contributed by atoms with Crippen molar-refractivity contribution in [2.75, 3.05) is 11.0 Å². The third-order valence-corrected chi connectivity index (χ3v) is 1.98. The SMILES string of the molecule is CC(O)c1cnc(NS(C)(=O)=O)nc1. The van der Waals surface area contributed by atoms with Gasteiger partial charge in [0.2, 0.25) is 16.0 Å². The van der Waals surface area contributed by atoms with Crippen molar-refractivity contribution in [3.63, 3.8) is 0 Å². The summed E-state index contributed by atoms with van der Waals surface area (Å²) in [7, 11) is -3.35. The van der Waals surface area contributed by atoms with E-state index in [4.69, 9.17) is 5.11 Å². The average Bonchev–Trinajstić information content (AvgIpc) is 2.02. The Morgan fingerprint density at radius 1 is 1.43 bits per heavy atom. The van der Waals surface area contributed by atoms with Crippen LogP contribution in [-0.2, 0) is 10.0 Å². The van der Waals surface area contributed by atoms with E-state index in [-0.39, 0.29) is 5.95 Å². The van der Waals surface area contributed by atoms with Gasteiger partial charge in [0.25, 0.3) is 0 Å². The van der Waals surface area contributed by atoms with Crippen molar-refractivity contribution in [2.45, 2.75) is 13.0 Å². The van der Waals surface area contributed by atoms with Crippen LogP contribution < -0.4 is 4.72 Å². The Hall–Kier alpha value is -1.21. The maximum Gasteiger partial charge on any atom is 0.236 e. The van der Waals surface area contributed by atoms with Gasteiger partial charge in [-0.3, -0.25) is 4.72 Å². The molecule has 0 radical (unpaired) electrons. The van der Waals surface area contributed by atoms with Gasteiger partial charge in [0.05, 0.1) is 12.4 Å². The van der Waals surface area contributed by atoms with Crippen LogP contribution in [0.15, 0.2) is 12.4 Å². The third-order valence-electron chi connectivity index (χ3n) is 1.43. The molecule has 1 aromatic rings. The van der Waals surface area contributed by atoms with Crippen LogP contribution in [0, 0.1) is 0 Å². The second-order valence-electron chi connectivity index (χ2n) is 2.89. The van der Waals surface area contributed by atoms with E-state index in [1.54, 1.807) is 6.92 Å². The van der Waals surface area contributed by atoms with Gasteiger partial charge < -0.3 is 5.11 Å². The first kappa shape index (κ1) is 10.9. The predicted molar refractivity (Wildman–Crippen MR) is 51.1 cm³/mol. The maximum absolute atomic E-state index is 10.8. The fourth-order valence-corrected chi connectivity index (χ4v) is 1.21. The Bertz CT molecular complexity index is 399. The standard InChI is InChI=1S/C7H11N3O3S/c1-5(11)6-3-8-7(9-4-6)10-14(2,12)13/h3-5,11H,1-2H3,(H,8,9,10). The maximum atomic E-state index is 10.8. The van der Waals surface area contributed by atoms with Crippen LogP contribution in [-0.4, -0.2) is 29.7 Å². The molecule has 0 aromatic carbocycles. The molecule has 0 amide bonds. The van der Waals surface area contributed by atoms with Crippen LogP contribution in [0.3, 0.4) is 0 Å². The lowest BCUT2D eigenvalue weighted by Gasteiger charge is -2.04. The fourth-order valence-electron chi connectivity index (χ4n) is 0.772. The molecule has 1 heterocycles. The molecular weight excluding hydrogens is 206 g/mol. The van der Waals surface area contributed by atoms with Gasteiger partial charge in [-0.1, -0.05) is 0 Å². The number of sulfonamides is 1. The normalized spacial score (nSPS) is 13.6. The molecule has 6 nitrogen and oxygen atoms in total. The highest BCUT2D eigenvalue weighted by Crippen LogP contribution is 2.09. The number of aliphatic hydroxyl groups excluding tert-OH is 1. The number of anilines is 1. The Balaban J connectivity index is 2.84. The minimum Gasteiger partial charge on any atom is -0.389 e. The second-order valence-corrected chi connectivity index (χ2v) is 4.64. The van der Waals surface area contributed by atoms with E-state index in [1.165, 1.54) is 12.4 Å². The zero-order chi connectivity index (χ0) is 10.8. The van der Waals surface area contributed by atoms with E-state index >= 15 is 0 Å². The van der Waals surface area contributed by atoms with Crippen molar-refractivity contribution in [1.82, 2.24) is 9.97 Å². The second kappa shape index (κ2) is 3.89. The van der Waals surface area contributed by atoms with Crippen LogP contribution in [0.1, 0.15) is 18.6 Å². The molecule has 0 aliphatic rings. The molecule has 1 atom stereocenters. The molecule has 0 bridgehead atoms. The summed E-state index contributed by atoms with van der Waals surface area (Å²) in [5.74, 6) is -0.00287. The summed E-state index contributed by atoms with van der Waals surface area (Å²) in [6, 6.07) is 0. The summed E-state index contributed by atoms with van der Waals surface area (Å²) in [5.41, 5.74) is 0.532. The first-order valence-electron chi connectivity index (χ1n) is 3.86. The predicted octanol–water partition coefficient (Wildman–Crippen LogP) is -0.0986. The minimum absolute atomic E-state index is 0.00287. The van der Waals surface area contributed by atoms with Crippen molar-refractivity contribution < 1.29 is 13.5 Å². The highest BCUT2D eigenvalue weighted by molar-refractivity contribution is 7.91. The first-order valence-corrected chi connectivity index (χ1v) is 5.75. The van der Waals surface area contributed by atoms with Crippen LogP contribution in [0.2, 0.25) is 0 Å². The van der Waals surface area contributed by atoms with E-state index in [2.05, 4.69) is 14.7 Å². The molecule has 1 aromatic heterocycles. The summed E-state index contributed by atoms with van der Waals surface area (Å²) >= 11 is 0. The Kier molecular flexibility index (Phi) is 3.02. The Morgan fingerprint density at radius 3 is 2.29 bits per heavy atom. The molecule has 0 saturated heterocycles. The summed E-state index contributed by atoms with van der Waals surface area (Å²) in [6.45, 7) is 1.57. The topological polar surface area (TPSA) is 92.2 Å². The number of nitrogens with one attached hydrogen (secondary N) is 1. The highest BCUT2D eigenvalue weighted by atomic mass is 32.2. The number of nitrogens with zero attached hydrogens (tertiary/aromatic N) is 2. The highest BCUT2D eigenvalue weighted by Gasteiger charge is 2.05. The molecule has 0 fully saturated rings. The zero-order valence-electron chi connectivity index (χ0n) is 7.80. The molecule has 0 spiro atoms. The van der Waals surface area contributed by atoms with Gasteiger partial charge in [-0.05, 0) is 6.92 Å².